The summed E-state index contributed by atoms with van der Waals surface area (Å²) < 4.78 is 24.4. The van der Waals surface area contributed by atoms with Gasteiger partial charge in [0.1, 0.15) is 0 Å². The monoisotopic (exact) mass is 437 g/mol. The van der Waals surface area contributed by atoms with Gasteiger partial charge in [0.2, 0.25) is 0 Å². The molecule has 0 N–H and O–H groups in total. The molecule has 1 aromatic carbocycles. The van der Waals surface area contributed by atoms with Crippen molar-refractivity contribution in [2.75, 3.05) is 34.4 Å². The average Bonchev–Trinajstić information content (AvgIpc) is 3.15. The van der Waals surface area contributed by atoms with Gasteiger partial charge in [0.15, 0.2) is 15.0 Å². The van der Waals surface area contributed by atoms with Crippen molar-refractivity contribution in [2.45, 2.75) is 51.8 Å². The molecular formula is C21H31N3O3S2. The van der Waals surface area contributed by atoms with Crippen molar-refractivity contribution in [2.24, 2.45) is 10.9 Å². The molecule has 0 aromatic heterocycles. The van der Waals surface area contributed by atoms with Gasteiger partial charge in [0.05, 0.1) is 17.5 Å². The van der Waals surface area contributed by atoms with E-state index in [1.165, 1.54) is 11.8 Å². The number of carbonyl (C=O) groups excluding carboxylic acids is 1. The number of amidine groups is 1. The van der Waals surface area contributed by atoms with Crippen LogP contribution in [0.2, 0.25) is 0 Å². The number of carbonyl (C=O) groups is 1. The van der Waals surface area contributed by atoms with E-state index in [4.69, 9.17) is 0 Å². The molecular weight excluding hydrogens is 406 g/mol. The fraction of sp³-hybridized carbons (Fsp3) is 0.619. The largest absolute Gasteiger partial charge is 0.372 e. The molecule has 2 fully saturated rings. The number of anilines is 2. The van der Waals surface area contributed by atoms with Crippen LogP contribution in [0.5, 0.6) is 0 Å². The van der Waals surface area contributed by atoms with Crippen LogP contribution >= 0.6 is 11.8 Å². The Kier molecular flexibility index (Phi) is 6.94. The van der Waals surface area contributed by atoms with Crippen LogP contribution in [-0.2, 0) is 14.6 Å². The molecule has 0 aliphatic carbocycles. The van der Waals surface area contributed by atoms with Crippen LogP contribution in [0.1, 0.15) is 40.5 Å². The minimum Gasteiger partial charge on any atom is -0.372 e. The maximum absolute atomic E-state index is 12.7. The molecule has 0 saturated carbocycles. The zero-order valence-electron chi connectivity index (χ0n) is 17.7. The van der Waals surface area contributed by atoms with Gasteiger partial charge in [0, 0.05) is 35.6 Å². The molecule has 1 aromatic rings. The van der Waals surface area contributed by atoms with Crippen molar-refractivity contribution in [1.29, 1.82) is 0 Å². The molecule has 6 nitrogen and oxygen atoms in total. The standard InChI is InChI=1S/C21H31N3O3S2/c1-5-15(6-2)20(25)22-21-24(18-13-29(26,27)14-19(18)28-21)17-11-9-16(10-12-17)23(7-3)8-4/h9-12,15,18-19H,5-8,13-14H2,1-4H3. The van der Waals surface area contributed by atoms with E-state index in [1.807, 2.05) is 30.9 Å². The lowest BCUT2D eigenvalue weighted by atomic mass is 10.0. The molecule has 0 spiro atoms. The van der Waals surface area contributed by atoms with E-state index >= 15 is 0 Å². The zero-order valence-corrected chi connectivity index (χ0v) is 19.3. The third-order valence-electron chi connectivity index (χ3n) is 5.86. The summed E-state index contributed by atoms with van der Waals surface area (Å²) in [6, 6.07) is 7.98. The highest BCUT2D eigenvalue weighted by Crippen LogP contribution is 2.41. The van der Waals surface area contributed by atoms with Crippen molar-refractivity contribution < 1.29 is 13.2 Å². The summed E-state index contributed by atoms with van der Waals surface area (Å²) in [6.45, 7) is 10.1. The minimum absolute atomic E-state index is 0.0734. The maximum atomic E-state index is 12.7. The van der Waals surface area contributed by atoms with Gasteiger partial charge in [-0.25, -0.2) is 8.42 Å². The van der Waals surface area contributed by atoms with E-state index in [-0.39, 0.29) is 34.6 Å². The summed E-state index contributed by atoms with van der Waals surface area (Å²) in [4.78, 5) is 21.4. The van der Waals surface area contributed by atoms with E-state index in [0.29, 0.717) is 5.17 Å². The van der Waals surface area contributed by atoms with Gasteiger partial charge >= 0.3 is 0 Å². The molecule has 2 unspecified atom stereocenters. The Balaban J connectivity index is 1.95. The van der Waals surface area contributed by atoms with Gasteiger partial charge in [-0.3, -0.25) is 4.79 Å². The number of benzene rings is 1. The van der Waals surface area contributed by atoms with Gasteiger partial charge in [-0.15, -0.1) is 0 Å². The maximum Gasteiger partial charge on any atom is 0.251 e. The first kappa shape index (κ1) is 22.2. The first-order valence-electron chi connectivity index (χ1n) is 10.5. The molecule has 8 heteroatoms. The Morgan fingerprint density at radius 3 is 2.31 bits per heavy atom. The van der Waals surface area contributed by atoms with Crippen molar-refractivity contribution in [1.82, 2.24) is 0 Å². The summed E-state index contributed by atoms with van der Waals surface area (Å²) in [5.41, 5.74) is 2.03. The van der Waals surface area contributed by atoms with Gasteiger partial charge in [-0.2, -0.15) is 4.99 Å². The third-order valence-corrected chi connectivity index (χ3v) is 9.07. The summed E-state index contributed by atoms with van der Waals surface area (Å²) in [6.07, 6.45) is 1.52. The van der Waals surface area contributed by atoms with Gasteiger partial charge in [-0.05, 0) is 51.0 Å². The second-order valence-electron chi connectivity index (χ2n) is 7.61. The molecule has 29 heavy (non-hydrogen) atoms. The number of rotatable bonds is 7. The van der Waals surface area contributed by atoms with Crippen LogP contribution < -0.4 is 9.80 Å². The Hall–Kier alpha value is -1.54. The summed E-state index contributed by atoms with van der Waals surface area (Å²) >= 11 is 1.44. The van der Waals surface area contributed by atoms with Crippen LogP contribution in [0.15, 0.2) is 29.3 Å². The van der Waals surface area contributed by atoms with E-state index in [2.05, 4.69) is 35.9 Å². The van der Waals surface area contributed by atoms with Gasteiger partial charge in [0.25, 0.3) is 5.91 Å². The van der Waals surface area contributed by atoms with E-state index < -0.39 is 9.84 Å². The lowest BCUT2D eigenvalue weighted by Crippen LogP contribution is -2.38. The predicted octanol–water partition coefficient (Wildman–Crippen LogP) is 3.57. The number of sulfone groups is 1. The molecule has 3 rings (SSSR count). The molecule has 1 amide bonds. The molecule has 2 aliphatic rings. The number of thioether (sulfide) groups is 1. The highest BCUT2D eigenvalue weighted by molar-refractivity contribution is 8.16. The topological polar surface area (TPSA) is 70.0 Å². The van der Waals surface area contributed by atoms with E-state index in [1.54, 1.807) is 0 Å². The lowest BCUT2D eigenvalue weighted by molar-refractivity contribution is -0.121. The number of hydrogen-bond acceptors (Lipinski definition) is 5. The highest BCUT2D eigenvalue weighted by Gasteiger charge is 2.49. The summed E-state index contributed by atoms with van der Waals surface area (Å²) in [7, 11) is -3.06. The SMILES string of the molecule is CCC(CC)C(=O)N=C1SC2CS(=O)(=O)CC2N1c1ccc(N(CC)CC)cc1. The number of amides is 1. The summed E-state index contributed by atoms with van der Waals surface area (Å²) in [5, 5.41) is 0.568. The quantitative estimate of drug-likeness (QED) is 0.649. The molecule has 2 saturated heterocycles. The van der Waals surface area contributed by atoms with Crippen molar-refractivity contribution in [3.63, 3.8) is 0 Å². The van der Waals surface area contributed by atoms with Crippen LogP contribution in [0.3, 0.4) is 0 Å². The van der Waals surface area contributed by atoms with Crippen molar-refractivity contribution in [3.05, 3.63) is 24.3 Å². The zero-order chi connectivity index (χ0) is 21.2. The number of nitrogens with zero attached hydrogens (tertiary/aromatic N) is 3. The Morgan fingerprint density at radius 2 is 1.76 bits per heavy atom. The second kappa shape index (κ2) is 9.08. The van der Waals surface area contributed by atoms with Crippen LogP contribution in [-0.4, -0.2) is 55.4 Å². The molecule has 160 valence electrons. The normalized spacial score (nSPS) is 24.3. The highest BCUT2D eigenvalue weighted by atomic mass is 32.2. The van der Waals surface area contributed by atoms with Crippen LogP contribution in [0.25, 0.3) is 0 Å². The molecule has 2 heterocycles. The van der Waals surface area contributed by atoms with E-state index in [9.17, 15) is 13.2 Å². The lowest BCUT2D eigenvalue weighted by Gasteiger charge is -2.26. The molecule has 2 aliphatic heterocycles. The molecule has 2 atom stereocenters. The number of fused-ring (bicyclic) bond motifs is 1. The molecule has 0 bridgehead atoms. The van der Waals surface area contributed by atoms with E-state index in [0.717, 1.165) is 37.3 Å². The van der Waals surface area contributed by atoms with Crippen LogP contribution in [0, 0.1) is 5.92 Å². The van der Waals surface area contributed by atoms with Crippen LogP contribution in [0.4, 0.5) is 11.4 Å². The van der Waals surface area contributed by atoms with Gasteiger partial charge < -0.3 is 9.80 Å². The smallest absolute Gasteiger partial charge is 0.251 e. The predicted molar refractivity (Wildman–Crippen MR) is 123 cm³/mol. The average molecular weight is 438 g/mol. The fourth-order valence-electron chi connectivity index (χ4n) is 4.10. The molecule has 0 radical (unpaired) electrons. The Morgan fingerprint density at radius 1 is 1.14 bits per heavy atom. The first-order chi connectivity index (χ1) is 13.8. The van der Waals surface area contributed by atoms with Crippen molar-refractivity contribution >= 4 is 44.0 Å². The number of aliphatic imine (C=N–C) groups is 1. The van der Waals surface area contributed by atoms with Gasteiger partial charge in [-0.1, -0.05) is 25.6 Å². The van der Waals surface area contributed by atoms with Crippen molar-refractivity contribution in [3.8, 4) is 0 Å². The third kappa shape index (κ3) is 4.63. The Labute approximate surface area is 178 Å². The number of hydrogen-bond donors (Lipinski definition) is 0. The summed E-state index contributed by atoms with van der Waals surface area (Å²) in [5.74, 6) is 0.0686. The Bertz CT molecular complexity index is 860. The first-order valence-corrected chi connectivity index (χ1v) is 13.2. The second-order valence-corrected chi connectivity index (χ2v) is 11.0. The fourth-order valence-corrected chi connectivity index (χ4v) is 8.02. The minimum atomic E-state index is -3.06.